The first kappa shape index (κ1) is 21.5. The summed E-state index contributed by atoms with van der Waals surface area (Å²) in [5.41, 5.74) is 0.330. The molecule has 1 amide bonds. The van der Waals surface area contributed by atoms with E-state index in [4.69, 9.17) is 16.3 Å². The fraction of sp³-hybridized carbons (Fsp3) is 0.350. The van der Waals surface area contributed by atoms with Gasteiger partial charge in [-0.05, 0) is 44.2 Å². The van der Waals surface area contributed by atoms with Gasteiger partial charge in [0.2, 0.25) is 10.0 Å². The highest BCUT2D eigenvalue weighted by Crippen LogP contribution is 2.27. The SMILES string of the molecule is CC(C)Oc1ccc(Cl)cc1C(=O)N1CCN(S(=O)(=O)c2ccccc2F)CC1. The van der Waals surface area contributed by atoms with Crippen molar-refractivity contribution >= 4 is 27.5 Å². The van der Waals surface area contributed by atoms with Gasteiger partial charge in [-0.2, -0.15) is 4.31 Å². The molecule has 1 heterocycles. The monoisotopic (exact) mass is 440 g/mol. The molecule has 2 aromatic carbocycles. The van der Waals surface area contributed by atoms with Crippen LogP contribution in [0.15, 0.2) is 47.4 Å². The maximum Gasteiger partial charge on any atom is 0.257 e. The smallest absolute Gasteiger partial charge is 0.257 e. The lowest BCUT2D eigenvalue weighted by Gasteiger charge is -2.34. The minimum Gasteiger partial charge on any atom is -0.490 e. The van der Waals surface area contributed by atoms with E-state index in [1.165, 1.54) is 22.5 Å². The Balaban J connectivity index is 1.75. The highest BCUT2D eigenvalue weighted by Gasteiger charge is 2.32. The van der Waals surface area contributed by atoms with Crippen LogP contribution in [0.25, 0.3) is 0 Å². The van der Waals surface area contributed by atoms with E-state index in [9.17, 15) is 17.6 Å². The van der Waals surface area contributed by atoms with Crippen LogP contribution in [0, 0.1) is 5.82 Å². The number of benzene rings is 2. The highest BCUT2D eigenvalue weighted by atomic mass is 35.5. The topological polar surface area (TPSA) is 66.9 Å². The molecule has 156 valence electrons. The third-order valence-corrected chi connectivity index (χ3v) is 6.68. The van der Waals surface area contributed by atoms with E-state index in [0.29, 0.717) is 16.3 Å². The van der Waals surface area contributed by atoms with Crippen LogP contribution in [-0.4, -0.2) is 55.8 Å². The van der Waals surface area contributed by atoms with E-state index in [-0.39, 0.29) is 43.1 Å². The molecule has 0 unspecified atom stereocenters. The summed E-state index contributed by atoms with van der Waals surface area (Å²) < 4.78 is 46.3. The minimum atomic E-state index is -3.96. The van der Waals surface area contributed by atoms with Crippen LogP contribution in [-0.2, 0) is 10.0 Å². The third-order valence-electron chi connectivity index (χ3n) is 4.52. The zero-order valence-corrected chi connectivity index (χ0v) is 17.7. The van der Waals surface area contributed by atoms with Crippen molar-refractivity contribution in [3.8, 4) is 5.75 Å². The van der Waals surface area contributed by atoms with E-state index in [0.717, 1.165) is 6.07 Å². The second-order valence-electron chi connectivity index (χ2n) is 6.93. The van der Waals surface area contributed by atoms with Crippen molar-refractivity contribution in [1.82, 2.24) is 9.21 Å². The van der Waals surface area contributed by atoms with Gasteiger partial charge >= 0.3 is 0 Å². The van der Waals surface area contributed by atoms with Crippen molar-refractivity contribution in [2.45, 2.75) is 24.8 Å². The van der Waals surface area contributed by atoms with Gasteiger partial charge in [-0.15, -0.1) is 0 Å². The molecule has 0 N–H and O–H groups in total. The lowest BCUT2D eigenvalue weighted by molar-refractivity contribution is 0.0691. The molecule has 0 spiro atoms. The number of hydrogen-bond donors (Lipinski definition) is 0. The molecule has 6 nitrogen and oxygen atoms in total. The van der Waals surface area contributed by atoms with Crippen molar-refractivity contribution in [3.05, 3.63) is 58.9 Å². The number of ether oxygens (including phenoxy) is 1. The summed E-state index contributed by atoms with van der Waals surface area (Å²) in [5.74, 6) is -0.651. The first-order valence-corrected chi connectivity index (χ1v) is 11.0. The molecule has 1 aliphatic rings. The van der Waals surface area contributed by atoms with Gasteiger partial charge in [0.25, 0.3) is 5.91 Å². The molecule has 0 radical (unpaired) electrons. The maximum atomic E-state index is 14.0. The second-order valence-corrected chi connectivity index (χ2v) is 9.28. The Bertz CT molecular complexity index is 1010. The average Bonchev–Trinajstić information content (AvgIpc) is 2.69. The summed E-state index contributed by atoms with van der Waals surface area (Å²) in [6, 6.07) is 10.1. The zero-order chi connectivity index (χ0) is 21.2. The Morgan fingerprint density at radius 1 is 1.10 bits per heavy atom. The van der Waals surface area contributed by atoms with Crippen LogP contribution < -0.4 is 4.74 Å². The van der Waals surface area contributed by atoms with E-state index in [1.807, 2.05) is 13.8 Å². The molecule has 0 aromatic heterocycles. The van der Waals surface area contributed by atoms with E-state index in [1.54, 1.807) is 23.1 Å². The molecule has 1 aliphatic heterocycles. The van der Waals surface area contributed by atoms with Crippen LogP contribution in [0.5, 0.6) is 5.75 Å². The maximum absolute atomic E-state index is 14.0. The highest BCUT2D eigenvalue weighted by molar-refractivity contribution is 7.89. The van der Waals surface area contributed by atoms with Gasteiger partial charge in [-0.25, -0.2) is 12.8 Å². The second kappa shape index (κ2) is 8.69. The Morgan fingerprint density at radius 2 is 1.76 bits per heavy atom. The molecule has 0 aliphatic carbocycles. The Labute approximate surface area is 174 Å². The molecule has 1 fully saturated rings. The van der Waals surface area contributed by atoms with E-state index in [2.05, 4.69) is 0 Å². The van der Waals surface area contributed by atoms with Gasteiger partial charge in [0.15, 0.2) is 0 Å². The Kier molecular flexibility index (Phi) is 6.45. The number of carbonyl (C=O) groups is 1. The number of carbonyl (C=O) groups excluding carboxylic acids is 1. The predicted octanol–water partition coefficient (Wildman–Crippen LogP) is 3.41. The molecule has 0 bridgehead atoms. The molecule has 9 heteroatoms. The Hall–Kier alpha value is -2.16. The van der Waals surface area contributed by atoms with Gasteiger partial charge in [0.05, 0.1) is 11.7 Å². The molecular weight excluding hydrogens is 419 g/mol. The van der Waals surface area contributed by atoms with Crippen molar-refractivity contribution in [2.24, 2.45) is 0 Å². The van der Waals surface area contributed by atoms with Crippen LogP contribution in [0.4, 0.5) is 4.39 Å². The van der Waals surface area contributed by atoms with Gasteiger partial charge in [-0.1, -0.05) is 23.7 Å². The fourth-order valence-corrected chi connectivity index (χ4v) is 4.78. The standard InChI is InChI=1S/C20H22ClFN2O4S/c1-14(2)28-18-8-7-15(21)13-16(18)20(25)23-9-11-24(12-10-23)29(26,27)19-6-4-3-5-17(19)22/h3-8,13-14H,9-12H2,1-2H3. The molecule has 1 saturated heterocycles. The van der Waals surface area contributed by atoms with Crippen LogP contribution in [0.2, 0.25) is 5.02 Å². The normalized spacial score (nSPS) is 15.6. The number of hydrogen-bond acceptors (Lipinski definition) is 4. The van der Waals surface area contributed by atoms with Gasteiger partial charge in [0.1, 0.15) is 16.5 Å². The van der Waals surface area contributed by atoms with Gasteiger partial charge in [-0.3, -0.25) is 4.79 Å². The summed E-state index contributed by atoms with van der Waals surface area (Å²) in [4.78, 5) is 14.2. The summed E-state index contributed by atoms with van der Waals surface area (Å²) in [6.45, 7) is 4.22. The number of sulfonamides is 1. The van der Waals surface area contributed by atoms with Gasteiger partial charge in [0, 0.05) is 31.2 Å². The molecule has 2 aromatic rings. The number of piperazine rings is 1. The third kappa shape index (κ3) is 4.71. The van der Waals surface area contributed by atoms with Crippen LogP contribution in [0.1, 0.15) is 24.2 Å². The van der Waals surface area contributed by atoms with Crippen molar-refractivity contribution in [2.75, 3.05) is 26.2 Å². The van der Waals surface area contributed by atoms with Crippen LogP contribution >= 0.6 is 11.6 Å². The largest absolute Gasteiger partial charge is 0.490 e. The minimum absolute atomic E-state index is 0.0728. The summed E-state index contributed by atoms with van der Waals surface area (Å²) >= 11 is 6.05. The first-order valence-electron chi connectivity index (χ1n) is 9.20. The molecular formula is C20H22ClFN2O4S. The first-order chi connectivity index (χ1) is 13.7. The summed E-state index contributed by atoms with van der Waals surface area (Å²) in [7, 11) is -3.96. The predicted molar refractivity (Wildman–Crippen MR) is 108 cm³/mol. The summed E-state index contributed by atoms with van der Waals surface area (Å²) in [6.07, 6.45) is -0.120. The number of rotatable bonds is 5. The van der Waals surface area contributed by atoms with Crippen LogP contribution in [0.3, 0.4) is 0 Å². The lowest BCUT2D eigenvalue weighted by atomic mass is 10.1. The molecule has 0 atom stereocenters. The van der Waals surface area contributed by atoms with E-state index < -0.39 is 15.8 Å². The lowest BCUT2D eigenvalue weighted by Crippen LogP contribution is -2.50. The molecule has 0 saturated carbocycles. The van der Waals surface area contributed by atoms with E-state index >= 15 is 0 Å². The molecule has 3 rings (SSSR count). The van der Waals surface area contributed by atoms with Crippen molar-refractivity contribution in [1.29, 1.82) is 0 Å². The Morgan fingerprint density at radius 3 is 2.38 bits per heavy atom. The van der Waals surface area contributed by atoms with Crippen molar-refractivity contribution in [3.63, 3.8) is 0 Å². The fourth-order valence-electron chi connectivity index (χ4n) is 3.12. The average molecular weight is 441 g/mol. The van der Waals surface area contributed by atoms with Crippen molar-refractivity contribution < 1.29 is 22.3 Å². The number of halogens is 2. The molecule has 29 heavy (non-hydrogen) atoms. The number of nitrogens with zero attached hydrogens (tertiary/aromatic N) is 2. The number of amides is 1. The van der Waals surface area contributed by atoms with Gasteiger partial charge < -0.3 is 9.64 Å². The quantitative estimate of drug-likeness (QED) is 0.714. The summed E-state index contributed by atoms with van der Waals surface area (Å²) in [5, 5.41) is 0.408. The zero-order valence-electron chi connectivity index (χ0n) is 16.1.